The van der Waals surface area contributed by atoms with E-state index >= 15 is 0 Å². The van der Waals surface area contributed by atoms with Crippen molar-refractivity contribution < 1.29 is 19.1 Å². The van der Waals surface area contributed by atoms with E-state index in [1.165, 1.54) is 18.2 Å². The first-order chi connectivity index (χ1) is 19.5. The van der Waals surface area contributed by atoms with Gasteiger partial charge in [0.05, 0.1) is 5.69 Å². The molecule has 3 aromatic rings. The minimum Gasteiger partial charge on any atom is -0.449 e. The summed E-state index contributed by atoms with van der Waals surface area (Å²) in [7, 11) is 0. The van der Waals surface area contributed by atoms with Crippen LogP contribution in [0.3, 0.4) is 0 Å². The molecule has 8 heteroatoms. The predicted octanol–water partition coefficient (Wildman–Crippen LogP) is 5.71. The summed E-state index contributed by atoms with van der Waals surface area (Å²) in [6.45, 7) is 0.735. The van der Waals surface area contributed by atoms with Gasteiger partial charge >= 0.3 is 6.09 Å². The van der Waals surface area contributed by atoms with Gasteiger partial charge in [0.15, 0.2) is 0 Å². The number of rotatable bonds is 6. The first-order valence-corrected chi connectivity index (χ1v) is 15.0. The number of nitrogens with one attached hydrogen (secondary N) is 1. The van der Waals surface area contributed by atoms with E-state index in [0.717, 1.165) is 52.8 Å². The molecule has 3 aromatic carbocycles. The molecule has 0 unspecified atom stereocenters. The van der Waals surface area contributed by atoms with E-state index in [9.17, 15) is 14.4 Å². The molecule has 3 N–H and O–H groups in total. The molecule has 2 aliphatic carbocycles. The minimum absolute atomic E-state index is 0.0587. The van der Waals surface area contributed by atoms with Gasteiger partial charge in [-0.25, -0.2) is 4.79 Å². The number of primary amides is 1. The van der Waals surface area contributed by atoms with Crippen LogP contribution in [0.5, 0.6) is 0 Å². The summed E-state index contributed by atoms with van der Waals surface area (Å²) in [6.07, 6.45) is 5.03. The summed E-state index contributed by atoms with van der Waals surface area (Å²) in [5.74, 6) is -0.0346. The Bertz CT molecular complexity index is 1410. The Morgan fingerprint density at radius 1 is 0.950 bits per heavy atom. The second kappa shape index (κ2) is 11.4. The van der Waals surface area contributed by atoms with Gasteiger partial charge in [-0.05, 0) is 59.2 Å². The molecule has 1 saturated carbocycles. The van der Waals surface area contributed by atoms with Crippen LogP contribution in [0.1, 0.15) is 59.5 Å². The fourth-order valence-electron chi connectivity index (χ4n) is 6.26. The topological polar surface area (TPSA) is 102 Å². The number of fused-ring (bicyclic) bond motifs is 4. The average molecular weight is 556 g/mol. The van der Waals surface area contributed by atoms with Crippen LogP contribution in [0.25, 0.3) is 11.1 Å². The first-order valence-electron chi connectivity index (χ1n) is 14.0. The highest BCUT2D eigenvalue weighted by Gasteiger charge is 2.35. The number of thioether (sulfide) groups is 1. The molecule has 0 aromatic heterocycles. The molecule has 6 rings (SSSR count). The van der Waals surface area contributed by atoms with E-state index in [0.29, 0.717) is 29.5 Å². The normalized spacial score (nSPS) is 18.9. The van der Waals surface area contributed by atoms with Crippen LogP contribution in [-0.4, -0.2) is 42.9 Å². The quantitative estimate of drug-likeness (QED) is 0.406. The highest BCUT2D eigenvalue weighted by molar-refractivity contribution is 7.99. The van der Waals surface area contributed by atoms with E-state index in [2.05, 4.69) is 29.6 Å². The van der Waals surface area contributed by atoms with Crippen LogP contribution in [0.15, 0.2) is 71.6 Å². The second-order valence-electron chi connectivity index (χ2n) is 10.8. The molecule has 1 heterocycles. The Balaban J connectivity index is 1.19. The van der Waals surface area contributed by atoms with Crippen molar-refractivity contribution in [2.45, 2.75) is 49.0 Å². The van der Waals surface area contributed by atoms with E-state index in [-0.39, 0.29) is 18.4 Å². The number of anilines is 1. The highest BCUT2D eigenvalue weighted by atomic mass is 32.2. The number of carbonyl (C=O) groups excluding carboxylic acids is 3. The summed E-state index contributed by atoms with van der Waals surface area (Å²) in [6, 6.07) is 20.9. The number of amides is 3. The van der Waals surface area contributed by atoms with Gasteiger partial charge in [-0.3, -0.25) is 9.59 Å². The van der Waals surface area contributed by atoms with Crippen molar-refractivity contribution >= 4 is 35.4 Å². The lowest BCUT2D eigenvalue weighted by Crippen LogP contribution is -2.51. The molecule has 7 nitrogen and oxygen atoms in total. The zero-order chi connectivity index (χ0) is 27.6. The van der Waals surface area contributed by atoms with Gasteiger partial charge in [0, 0.05) is 28.7 Å². The minimum atomic E-state index is -0.756. The first kappa shape index (κ1) is 26.4. The number of carbonyl (C=O) groups is 3. The molecule has 0 radical (unpaired) electrons. The van der Waals surface area contributed by atoms with Crippen LogP contribution >= 0.6 is 11.8 Å². The fourth-order valence-corrected chi connectivity index (χ4v) is 7.31. The largest absolute Gasteiger partial charge is 0.449 e. The molecular weight excluding hydrogens is 522 g/mol. The Labute approximate surface area is 238 Å². The predicted molar refractivity (Wildman–Crippen MR) is 157 cm³/mol. The van der Waals surface area contributed by atoms with Crippen molar-refractivity contribution in [3.05, 3.63) is 83.4 Å². The molecule has 0 saturated heterocycles. The van der Waals surface area contributed by atoms with Crippen LogP contribution in [-0.2, 0) is 9.53 Å². The van der Waals surface area contributed by atoms with Crippen molar-refractivity contribution in [3.8, 4) is 11.1 Å². The number of nitrogens with two attached hydrogens (primary N) is 1. The summed E-state index contributed by atoms with van der Waals surface area (Å²) in [5.41, 5.74) is 11.2. The smallest absolute Gasteiger partial charge is 0.407 e. The van der Waals surface area contributed by atoms with Gasteiger partial charge in [-0.1, -0.05) is 67.8 Å². The summed E-state index contributed by atoms with van der Waals surface area (Å²) in [5, 5.41) is 2.86. The van der Waals surface area contributed by atoms with Crippen molar-refractivity contribution in [2.75, 3.05) is 23.8 Å². The van der Waals surface area contributed by atoms with Crippen molar-refractivity contribution in [1.82, 2.24) is 5.32 Å². The third kappa shape index (κ3) is 5.20. The molecule has 3 aliphatic rings. The third-order valence-electron chi connectivity index (χ3n) is 8.31. The lowest BCUT2D eigenvalue weighted by Gasteiger charge is -2.31. The molecule has 1 aliphatic heterocycles. The van der Waals surface area contributed by atoms with Crippen LogP contribution in [0, 0.1) is 5.92 Å². The zero-order valence-corrected chi connectivity index (χ0v) is 23.1. The Hall–Kier alpha value is -3.78. The standard InChI is InChI=1S/C32H33N3O4S/c33-30(36)21-14-15-29-28(16-21)35(17-20-8-2-1-3-9-20)31(37)27(19-40-29)34-32(38)39-18-26-24-12-6-4-10-22(24)23-11-5-7-13-25(23)26/h4-7,10-16,20,26-27H,1-3,8-9,17-19H2,(H2,33,36)(H,34,38)/t27-/m0/s1. The lowest BCUT2D eigenvalue weighted by atomic mass is 9.88. The SMILES string of the molecule is NC(=O)c1ccc2c(c1)N(CC1CCCCC1)C(=O)[C@@H](NC(=O)OCC1c3ccccc3-c3ccccc31)CS2. The van der Waals surface area contributed by atoms with Crippen molar-refractivity contribution in [2.24, 2.45) is 11.7 Å². The molecule has 0 bridgehead atoms. The molecule has 206 valence electrons. The maximum Gasteiger partial charge on any atom is 0.407 e. The van der Waals surface area contributed by atoms with Gasteiger partial charge in [0.1, 0.15) is 12.6 Å². The Morgan fingerprint density at radius 2 is 1.62 bits per heavy atom. The van der Waals surface area contributed by atoms with Gasteiger partial charge < -0.3 is 20.7 Å². The van der Waals surface area contributed by atoms with E-state index in [1.54, 1.807) is 17.0 Å². The maximum atomic E-state index is 13.9. The molecule has 3 amide bonds. The Morgan fingerprint density at radius 3 is 2.30 bits per heavy atom. The maximum absolute atomic E-state index is 13.9. The third-order valence-corrected chi connectivity index (χ3v) is 9.46. The Kier molecular flexibility index (Phi) is 7.52. The van der Waals surface area contributed by atoms with Crippen LogP contribution in [0.4, 0.5) is 10.5 Å². The summed E-state index contributed by atoms with van der Waals surface area (Å²) in [4.78, 5) is 41.6. The number of hydrogen-bond acceptors (Lipinski definition) is 5. The van der Waals surface area contributed by atoms with E-state index in [1.807, 2.05) is 30.3 Å². The highest BCUT2D eigenvalue weighted by Crippen LogP contribution is 2.44. The average Bonchev–Trinajstić information content (AvgIpc) is 3.24. The summed E-state index contributed by atoms with van der Waals surface area (Å²) >= 11 is 1.49. The lowest BCUT2D eigenvalue weighted by molar-refractivity contribution is -0.120. The van der Waals surface area contributed by atoms with E-state index < -0.39 is 18.0 Å². The molecular formula is C32H33N3O4S. The van der Waals surface area contributed by atoms with Gasteiger partial charge in [-0.15, -0.1) is 11.8 Å². The molecule has 1 fully saturated rings. The molecule has 1 atom stereocenters. The van der Waals surface area contributed by atoms with Crippen molar-refractivity contribution in [3.63, 3.8) is 0 Å². The van der Waals surface area contributed by atoms with E-state index in [4.69, 9.17) is 10.5 Å². The van der Waals surface area contributed by atoms with Crippen LogP contribution < -0.4 is 16.0 Å². The number of nitrogens with zero attached hydrogens (tertiary/aromatic N) is 1. The van der Waals surface area contributed by atoms with Gasteiger partial charge in [-0.2, -0.15) is 0 Å². The van der Waals surface area contributed by atoms with Crippen LogP contribution in [0.2, 0.25) is 0 Å². The number of ether oxygens (including phenoxy) is 1. The van der Waals surface area contributed by atoms with Gasteiger partial charge in [0.2, 0.25) is 5.91 Å². The van der Waals surface area contributed by atoms with Crippen molar-refractivity contribution in [1.29, 1.82) is 0 Å². The number of hydrogen-bond donors (Lipinski definition) is 2. The van der Waals surface area contributed by atoms with Gasteiger partial charge in [0.25, 0.3) is 5.91 Å². The number of alkyl carbamates (subject to hydrolysis) is 1. The monoisotopic (exact) mass is 555 g/mol. The fraction of sp³-hybridized carbons (Fsp3) is 0.344. The number of benzene rings is 3. The molecule has 40 heavy (non-hydrogen) atoms. The zero-order valence-electron chi connectivity index (χ0n) is 22.3. The molecule has 0 spiro atoms. The second-order valence-corrected chi connectivity index (χ2v) is 11.9. The summed E-state index contributed by atoms with van der Waals surface area (Å²) < 4.78 is 5.75.